The summed E-state index contributed by atoms with van der Waals surface area (Å²) in [6.45, 7) is 4.70. The summed E-state index contributed by atoms with van der Waals surface area (Å²) in [7, 11) is 0. The summed E-state index contributed by atoms with van der Waals surface area (Å²) in [4.78, 5) is 11.7. The average molecular weight is 198 g/mol. The molecule has 1 rings (SSSR count). The Labute approximate surface area is 86.4 Å². The molecular weight excluding hydrogens is 176 g/mol. The molecule has 1 unspecified atom stereocenters. The van der Waals surface area contributed by atoms with Crippen LogP contribution >= 0.6 is 0 Å². The van der Waals surface area contributed by atoms with Crippen molar-refractivity contribution in [3.63, 3.8) is 0 Å². The van der Waals surface area contributed by atoms with Crippen LogP contribution in [0.1, 0.15) is 39.5 Å². The first kappa shape index (κ1) is 11.5. The van der Waals surface area contributed by atoms with Crippen LogP contribution in [0.5, 0.6) is 0 Å². The molecule has 0 aromatic heterocycles. The number of nitrogens with two attached hydrogens (primary N) is 1. The third kappa shape index (κ3) is 2.98. The number of amides is 1. The van der Waals surface area contributed by atoms with Crippen molar-refractivity contribution in [2.75, 3.05) is 6.54 Å². The molecule has 3 heteroatoms. The van der Waals surface area contributed by atoms with E-state index in [4.69, 9.17) is 5.73 Å². The van der Waals surface area contributed by atoms with Gasteiger partial charge in [-0.1, -0.05) is 13.8 Å². The topological polar surface area (TPSA) is 55.1 Å². The first-order chi connectivity index (χ1) is 6.72. The summed E-state index contributed by atoms with van der Waals surface area (Å²) in [5, 5.41) is 3.07. The molecule has 1 amide bonds. The van der Waals surface area contributed by atoms with Gasteiger partial charge in [-0.2, -0.15) is 0 Å². The third-order valence-corrected chi connectivity index (χ3v) is 3.13. The van der Waals surface area contributed by atoms with Crippen LogP contribution in [0.3, 0.4) is 0 Å². The molecule has 0 heterocycles. The minimum absolute atomic E-state index is 0.169. The lowest BCUT2D eigenvalue weighted by atomic mass is 10.0. The Morgan fingerprint density at radius 3 is 2.36 bits per heavy atom. The molecule has 1 aliphatic carbocycles. The fourth-order valence-corrected chi connectivity index (χ4v) is 1.83. The molecule has 0 aromatic carbocycles. The highest BCUT2D eigenvalue weighted by Gasteiger charge is 2.32. The van der Waals surface area contributed by atoms with Crippen LogP contribution in [-0.4, -0.2) is 18.5 Å². The van der Waals surface area contributed by atoms with Crippen LogP contribution in [0, 0.1) is 11.8 Å². The highest BCUT2D eigenvalue weighted by atomic mass is 16.1. The largest absolute Gasteiger partial charge is 0.352 e. The molecule has 3 N–H and O–H groups in total. The van der Waals surface area contributed by atoms with Crippen LogP contribution in [0.2, 0.25) is 0 Å². The van der Waals surface area contributed by atoms with Gasteiger partial charge < -0.3 is 11.1 Å². The minimum Gasteiger partial charge on any atom is -0.352 e. The smallest absolute Gasteiger partial charge is 0.223 e. The molecule has 1 aliphatic rings. The van der Waals surface area contributed by atoms with E-state index in [0.29, 0.717) is 12.5 Å². The molecule has 1 fully saturated rings. The molecule has 0 bridgehead atoms. The second kappa shape index (κ2) is 5.35. The lowest BCUT2D eigenvalue weighted by Crippen LogP contribution is -2.44. The number of nitrogens with one attached hydrogen (secondary N) is 1. The predicted molar refractivity (Wildman–Crippen MR) is 57.8 cm³/mol. The Balaban J connectivity index is 2.36. The Morgan fingerprint density at radius 2 is 2.00 bits per heavy atom. The summed E-state index contributed by atoms with van der Waals surface area (Å²) in [6.07, 6.45) is 4.30. The maximum atomic E-state index is 11.7. The van der Waals surface area contributed by atoms with E-state index in [-0.39, 0.29) is 17.9 Å². The molecule has 0 aliphatic heterocycles. The lowest BCUT2D eigenvalue weighted by molar-refractivity contribution is -0.126. The molecule has 0 radical (unpaired) electrons. The zero-order valence-electron chi connectivity index (χ0n) is 9.25. The van der Waals surface area contributed by atoms with Crippen LogP contribution in [0.15, 0.2) is 0 Å². The SMILES string of the molecule is CCC(CC)C(=O)NC(CN)C1CC1. The summed E-state index contributed by atoms with van der Waals surface area (Å²) in [5.74, 6) is 1.01. The highest BCUT2D eigenvalue weighted by Crippen LogP contribution is 2.32. The van der Waals surface area contributed by atoms with Crippen molar-refractivity contribution in [3.8, 4) is 0 Å². The van der Waals surface area contributed by atoms with Crippen molar-refractivity contribution in [2.45, 2.75) is 45.6 Å². The summed E-state index contributed by atoms with van der Waals surface area (Å²) in [6, 6.07) is 0.225. The predicted octanol–water partition coefficient (Wildman–Crippen LogP) is 1.28. The van der Waals surface area contributed by atoms with Gasteiger partial charge in [0.1, 0.15) is 0 Å². The fourth-order valence-electron chi connectivity index (χ4n) is 1.83. The van der Waals surface area contributed by atoms with Gasteiger partial charge in [0.25, 0.3) is 0 Å². The van der Waals surface area contributed by atoms with Crippen LogP contribution in [0.25, 0.3) is 0 Å². The standard InChI is InChI=1S/C11H22N2O/c1-3-8(4-2)11(14)13-10(7-12)9-5-6-9/h8-10H,3-7,12H2,1-2H3,(H,13,14). The van der Waals surface area contributed by atoms with Gasteiger partial charge in [0.15, 0.2) is 0 Å². The zero-order chi connectivity index (χ0) is 10.6. The molecule has 0 spiro atoms. The van der Waals surface area contributed by atoms with Crippen molar-refractivity contribution < 1.29 is 4.79 Å². The first-order valence-electron chi connectivity index (χ1n) is 5.73. The van der Waals surface area contributed by atoms with Crippen molar-refractivity contribution in [3.05, 3.63) is 0 Å². The number of rotatable bonds is 6. The molecule has 82 valence electrons. The monoisotopic (exact) mass is 198 g/mol. The zero-order valence-corrected chi connectivity index (χ0v) is 9.25. The molecule has 0 saturated heterocycles. The van der Waals surface area contributed by atoms with Crippen LogP contribution in [-0.2, 0) is 4.79 Å². The summed E-state index contributed by atoms with van der Waals surface area (Å²) in [5.41, 5.74) is 5.63. The van der Waals surface area contributed by atoms with E-state index in [2.05, 4.69) is 19.2 Å². The molecular formula is C11H22N2O. The van der Waals surface area contributed by atoms with Crippen molar-refractivity contribution in [1.82, 2.24) is 5.32 Å². The first-order valence-corrected chi connectivity index (χ1v) is 5.73. The summed E-state index contributed by atoms with van der Waals surface area (Å²) < 4.78 is 0. The molecule has 3 nitrogen and oxygen atoms in total. The second-order valence-corrected chi connectivity index (χ2v) is 4.20. The van der Waals surface area contributed by atoms with Gasteiger partial charge in [-0.05, 0) is 31.6 Å². The van der Waals surface area contributed by atoms with Gasteiger partial charge in [-0.15, -0.1) is 0 Å². The van der Waals surface area contributed by atoms with E-state index in [1.54, 1.807) is 0 Å². The Bertz CT molecular complexity index is 186. The van der Waals surface area contributed by atoms with E-state index in [1.165, 1.54) is 12.8 Å². The minimum atomic E-state index is 0.169. The highest BCUT2D eigenvalue weighted by molar-refractivity contribution is 5.78. The van der Waals surface area contributed by atoms with E-state index in [9.17, 15) is 4.79 Å². The Hall–Kier alpha value is -0.570. The van der Waals surface area contributed by atoms with Gasteiger partial charge in [-0.25, -0.2) is 0 Å². The second-order valence-electron chi connectivity index (χ2n) is 4.20. The maximum Gasteiger partial charge on any atom is 0.223 e. The molecule has 0 aromatic rings. The van der Waals surface area contributed by atoms with Crippen molar-refractivity contribution in [1.29, 1.82) is 0 Å². The van der Waals surface area contributed by atoms with Gasteiger partial charge in [0.05, 0.1) is 0 Å². The van der Waals surface area contributed by atoms with E-state index >= 15 is 0 Å². The summed E-state index contributed by atoms with van der Waals surface area (Å²) >= 11 is 0. The van der Waals surface area contributed by atoms with Gasteiger partial charge in [0.2, 0.25) is 5.91 Å². The lowest BCUT2D eigenvalue weighted by Gasteiger charge is -2.19. The van der Waals surface area contributed by atoms with Gasteiger partial charge >= 0.3 is 0 Å². The molecule has 1 atom stereocenters. The van der Waals surface area contributed by atoms with Gasteiger partial charge in [0, 0.05) is 18.5 Å². The van der Waals surface area contributed by atoms with E-state index in [0.717, 1.165) is 12.8 Å². The van der Waals surface area contributed by atoms with E-state index in [1.807, 2.05) is 0 Å². The Morgan fingerprint density at radius 1 is 1.43 bits per heavy atom. The number of carbonyl (C=O) groups is 1. The third-order valence-electron chi connectivity index (χ3n) is 3.13. The number of hydrogen-bond acceptors (Lipinski definition) is 2. The quantitative estimate of drug-likeness (QED) is 0.675. The number of hydrogen-bond donors (Lipinski definition) is 2. The van der Waals surface area contributed by atoms with Crippen LogP contribution < -0.4 is 11.1 Å². The van der Waals surface area contributed by atoms with Crippen molar-refractivity contribution in [2.24, 2.45) is 17.6 Å². The normalized spacial score (nSPS) is 18.3. The fraction of sp³-hybridized carbons (Fsp3) is 0.909. The maximum absolute atomic E-state index is 11.7. The van der Waals surface area contributed by atoms with Crippen LogP contribution in [0.4, 0.5) is 0 Å². The van der Waals surface area contributed by atoms with E-state index < -0.39 is 0 Å². The molecule has 14 heavy (non-hydrogen) atoms. The van der Waals surface area contributed by atoms with Gasteiger partial charge in [-0.3, -0.25) is 4.79 Å². The average Bonchev–Trinajstić information content (AvgIpc) is 2.99. The number of carbonyl (C=O) groups excluding carboxylic acids is 1. The Kier molecular flexibility index (Phi) is 4.39. The van der Waals surface area contributed by atoms with Crippen molar-refractivity contribution >= 4 is 5.91 Å². The molecule has 1 saturated carbocycles.